The summed E-state index contributed by atoms with van der Waals surface area (Å²) >= 11 is 1.91. The largest absolute Gasteiger partial charge is 0.378 e. The molecule has 0 radical (unpaired) electrons. The quantitative estimate of drug-likeness (QED) is 0.783. The first-order chi connectivity index (χ1) is 13.8. The first-order valence-corrected chi connectivity index (χ1v) is 11.2. The van der Waals surface area contributed by atoms with Crippen molar-refractivity contribution in [1.82, 2.24) is 15.0 Å². The van der Waals surface area contributed by atoms with Crippen LogP contribution in [0.2, 0.25) is 0 Å². The van der Waals surface area contributed by atoms with E-state index in [-0.39, 0.29) is 0 Å². The molecule has 1 aliphatic carbocycles. The second-order valence-corrected chi connectivity index (χ2v) is 8.88. The van der Waals surface area contributed by atoms with Crippen molar-refractivity contribution in [2.45, 2.75) is 32.6 Å². The van der Waals surface area contributed by atoms with Crippen molar-refractivity contribution < 1.29 is 4.74 Å². The third-order valence-electron chi connectivity index (χ3n) is 5.83. The zero-order chi connectivity index (χ0) is 18.9. The summed E-state index contributed by atoms with van der Waals surface area (Å²) in [4.78, 5) is 23.1. The fraction of sp³-hybridized carbons (Fsp3) is 0.650. The average molecular weight is 401 g/mol. The van der Waals surface area contributed by atoms with Gasteiger partial charge < -0.3 is 19.4 Å². The fourth-order valence-corrected chi connectivity index (χ4v) is 5.40. The van der Waals surface area contributed by atoms with Gasteiger partial charge in [0.2, 0.25) is 5.95 Å². The summed E-state index contributed by atoms with van der Waals surface area (Å²) in [6, 6.07) is 2.09. The molecule has 2 aromatic rings. The fourth-order valence-electron chi connectivity index (χ4n) is 4.20. The molecule has 0 amide bonds. The SMILES string of the molecule is Cc1cc(N2CCOCC2)nc(N2CCN(c3nc4c(s3)CCCC4)CC2)n1. The number of hydrogen-bond acceptors (Lipinski definition) is 8. The van der Waals surface area contributed by atoms with Crippen LogP contribution in [0, 0.1) is 6.92 Å². The minimum Gasteiger partial charge on any atom is -0.378 e. The van der Waals surface area contributed by atoms with E-state index < -0.39 is 0 Å². The van der Waals surface area contributed by atoms with Crippen LogP contribution >= 0.6 is 11.3 Å². The van der Waals surface area contributed by atoms with Crippen molar-refractivity contribution >= 4 is 28.2 Å². The van der Waals surface area contributed by atoms with Crippen LogP contribution in [0.25, 0.3) is 0 Å². The number of nitrogens with zero attached hydrogens (tertiary/aromatic N) is 6. The van der Waals surface area contributed by atoms with Crippen LogP contribution in [0.4, 0.5) is 16.9 Å². The summed E-state index contributed by atoms with van der Waals surface area (Å²) in [5, 5.41) is 1.21. The maximum absolute atomic E-state index is 5.48. The molecular weight excluding hydrogens is 372 g/mol. The lowest BCUT2D eigenvalue weighted by molar-refractivity contribution is 0.122. The second kappa shape index (κ2) is 7.83. The van der Waals surface area contributed by atoms with E-state index in [1.165, 1.54) is 35.0 Å². The highest BCUT2D eigenvalue weighted by Crippen LogP contribution is 2.32. The number of fused-ring (bicyclic) bond motifs is 1. The summed E-state index contributed by atoms with van der Waals surface area (Å²) in [7, 11) is 0. The van der Waals surface area contributed by atoms with Gasteiger partial charge in [-0.2, -0.15) is 4.98 Å². The Bertz CT molecular complexity index is 803. The summed E-state index contributed by atoms with van der Waals surface area (Å²) in [6.07, 6.45) is 4.99. The van der Waals surface area contributed by atoms with Crippen molar-refractivity contribution in [3.05, 3.63) is 22.3 Å². The average Bonchev–Trinajstić information content (AvgIpc) is 3.18. The first-order valence-electron chi connectivity index (χ1n) is 10.4. The van der Waals surface area contributed by atoms with Crippen molar-refractivity contribution in [1.29, 1.82) is 0 Å². The minimum absolute atomic E-state index is 0.773. The lowest BCUT2D eigenvalue weighted by atomic mass is 10.0. The second-order valence-electron chi connectivity index (χ2n) is 7.81. The van der Waals surface area contributed by atoms with E-state index >= 15 is 0 Å². The highest BCUT2D eigenvalue weighted by Gasteiger charge is 2.24. The number of aryl methyl sites for hydroxylation is 3. The summed E-state index contributed by atoms with van der Waals surface area (Å²) in [5.74, 6) is 1.89. The maximum Gasteiger partial charge on any atom is 0.227 e. The van der Waals surface area contributed by atoms with Crippen LogP contribution in [-0.2, 0) is 17.6 Å². The molecule has 2 aliphatic heterocycles. The lowest BCUT2D eigenvalue weighted by Gasteiger charge is -2.35. The molecule has 3 aliphatic rings. The van der Waals surface area contributed by atoms with Gasteiger partial charge in [-0.1, -0.05) is 0 Å². The van der Waals surface area contributed by atoms with E-state index in [0.717, 1.165) is 76.4 Å². The van der Waals surface area contributed by atoms with Crippen LogP contribution in [0.5, 0.6) is 0 Å². The third-order valence-corrected chi connectivity index (χ3v) is 7.05. The molecule has 0 spiro atoms. The Balaban J connectivity index is 1.27. The molecule has 0 aromatic carbocycles. The van der Waals surface area contributed by atoms with Crippen LogP contribution in [0.15, 0.2) is 6.07 Å². The number of piperazine rings is 1. The number of aromatic nitrogens is 3. The highest BCUT2D eigenvalue weighted by molar-refractivity contribution is 7.15. The van der Waals surface area contributed by atoms with E-state index in [1.807, 2.05) is 11.3 Å². The first kappa shape index (κ1) is 18.1. The van der Waals surface area contributed by atoms with Crippen molar-refractivity contribution in [2.75, 3.05) is 67.2 Å². The maximum atomic E-state index is 5.48. The van der Waals surface area contributed by atoms with Crippen molar-refractivity contribution in [3.63, 3.8) is 0 Å². The number of rotatable bonds is 3. The van der Waals surface area contributed by atoms with Crippen LogP contribution in [0.3, 0.4) is 0 Å². The van der Waals surface area contributed by atoms with E-state index in [1.54, 1.807) is 0 Å². The molecule has 150 valence electrons. The highest BCUT2D eigenvalue weighted by atomic mass is 32.1. The van der Waals surface area contributed by atoms with Gasteiger partial charge in [-0.15, -0.1) is 11.3 Å². The molecule has 0 N–H and O–H groups in total. The van der Waals surface area contributed by atoms with Gasteiger partial charge in [-0.05, 0) is 32.6 Å². The van der Waals surface area contributed by atoms with Gasteiger partial charge in [-0.25, -0.2) is 9.97 Å². The lowest BCUT2D eigenvalue weighted by Crippen LogP contribution is -2.47. The van der Waals surface area contributed by atoms with E-state index in [4.69, 9.17) is 19.7 Å². The van der Waals surface area contributed by atoms with Gasteiger partial charge >= 0.3 is 0 Å². The Morgan fingerprint density at radius 3 is 2.39 bits per heavy atom. The summed E-state index contributed by atoms with van der Waals surface area (Å²) in [6.45, 7) is 9.26. The number of ether oxygens (including phenoxy) is 1. The molecule has 0 saturated carbocycles. The predicted molar refractivity (Wildman–Crippen MR) is 113 cm³/mol. The van der Waals surface area contributed by atoms with Gasteiger partial charge in [0.25, 0.3) is 0 Å². The molecule has 0 bridgehead atoms. The van der Waals surface area contributed by atoms with Crippen LogP contribution in [-0.4, -0.2) is 67.4 Å². The number of morpholine rings is 1. The van der Waals surface area contributed by atoms with Gasteiger partial charge in [-0.3, -0.25) is 0 Å². The Morgan fingerprint density at radius 1 is 0.857 bits per heavy atom. The predicted octanol–water partition coefficient (Wildman–Crippen LogP) is 2.28. The van der Waals surface area contributed by atoms with E-state index in [2.05, 4.69) is 27.7 Å². The molecular formula is C20H28N6OS. The third kappa shape index (κ3) is 3.67. The van der Waals surface area contributed by atoms with Crippen molar-refractivity contribution in [3.8, 4) is 0 Å². The molecule has 2 aromatic heterocycles. The summed E-state index contributed by atoms with van der Waals surface area (Å²) < 4.78 is 5.48. The van der Waals surface area contributed by atoms with Crippen LogP contribution in [0.1, 0.15) is 29.1 Å². The standard InChI is InChI=1S/C20H28N6OS/c1-15-14-18(24-10-12-27-13-11-24)23-19(21-15)25-6-8-26(9-7-25)20-22-16-4-2-3-5-17(16)28-20/h14H,2-13H2,1H3. The van der Waals surface area contributed by atoms with Gasteiger partial charge in [0.1, 0.15) is 5.82 Å². The minimum atomic E-state index is 0.773. The molecule has 7 nitrogen and oxygen atoms in total. The molecule has 0 atom stereocenters. The molecule has 5 rings (SSSR count). The topological polar surface area (TPSA) is 57.6 Å². The number of thiazole rings is 1. The Kier molecular flexibility index (Phi) is 5.07. The van der Waals surface area contributed by atoms with Gasteiger partial charge in [0.15, 0.2) is 5.13 Å². The molecule has 0 unspecified atom stereocenters. The van der Waals surface area contributed by atoms with Crippen LogP contribution < -0.4 is 14.7 Å². The van der Waals surface area contributed by atoms with Gasteiger partial charge in [0.05, 0.1) is 18.9 Å². The Hall–Kier alpha value is -1.93. The summed E-state index contributed by atoms with van der Waals surface area (Å²) in [5.41, 5.74) is 2.38. The Morgan fingerprint density at radius 2 is 1.61 bits per heavy atom. The monoisotopic (exact) mass is 400 g/mol. The molecule has 4 heterocycles. The zero-order valence-corrected chi connectivity index (χ0v) is 17.4. The van der Waals surface area contributed by atoms with E-state index in [9.17, 15) is 0 Å². The Labute approximate surface area is 170 Å². The van der Waals surface area contributed by atoms with E-state index in [0.29, 0.717) is 0 Å². The van der Waals surface area contributed by atoms with Gasteiger partial charge in [0, 0.05) is 55.9 Å². The molecule has 2 saturated heterocycles. The molecule has 2 fully saturated rings. The normalized spacial score (nSPS) is 20.4. The van der Waals surface area contributed by atoms with Crippen molar-refractivity contribution in [2.24, 2.45) is 0 Å². The number of anilines is 3. The molecule has 28 heavy (non-hydrogen) atoms. The number of hydrogen-bond donors (Lipinski definition) is 0. The smallest absolute Gasteiger partial charge is 0.227 e. The molecule has 8 heteroatoms. The zero-order valence-electron chi connectivity index (χ0n) is 16.6.